The van der Waals surface area contributed by atoms with Crippen LogP contribution in [0.2, 0.25) is 0 Å². The summed E-state index contributed by atoms with van der Waals surface area (Å²) in [4.78, 5) is 5.91. The Balaban J connectivity index is 1.58. The van der Waals surface area contributed by atoms with Crippen LogP contribution in [0.25, 0.3) is 58.6 Å². The first kappa shape index (κ1) is 16.1. The van der Waals surface area contributed by atoms with Gasteiger partial charge in [0.05, 0.1) is 11.0 Å². The molecule has 0 amide bonds. The maximum absolute atomic E-state index is 4.80. The summed E-state index contributed by atoms with van der Waals surface area (Å²) in [7, 11) is 0. The van der Waals surface area contributed by atoms with E-state index in [-0.39, 0.29) is 0 Å². The van der Waals surface area contributed by atoms with Gasteiger partial charge in [0.2, 0.25) is 0 Å². The maximum atomic E-state index is 4.80. The Morgan fingerprint density at radius 1 is 0.633 bits per heavy atom. The van der Waals surface area contributed by atoms with E-state index in [0.717, 1.165) is 4.83 Å². The van der Waals surface area contributed by atoms with E-state index in [9.17, 15) is 0 Å². The lowest BCUT2D eigenvalue weighted by Crippen LogP contribution is -1.93. The first-order valence-electron chi connectivity index (χ1n) is 10.1. The van der Waals surface area contributed by atoms with Gasteiger partial charge in [-0.15, -0.1) is 11.3 Å². The molecule has 30 heavy (non-hydrogen) atoms. The minimum atomic E-state index is 1.10. The number of fused-ring (bicyclic) bond motifs is 8. The third-order valence-corrected chi connectivity index (χ3v) is 7.12. The highest BCUT2D eigenvalue weighted by molar-refractivity contribution is 7.25. The molecule has 0 bridgehead atoms. The van der Waals surface area contributed by atoms with Gasteiger partial charge < -0.3 is 4.57 Å². The third kappa shape index (κ3) is 2.10. The monoisotopic (exact) mass is 400 g/mol. The van der Waals surface area contributed by atoms with Gasteiger partial charge in [0, 0.05) is 43.5 Å². The van der Waals surface area contributed by atoms with Crippen LogP contribution in [0.3, 0.4) is 0 Å². The zero-order valence-electron chi connectivity index (χ0n) is 16.0. The quantitative estimate of drug-likeness (QED) is 0.276. The van der Waals surface area contributed by atoms with Crippen LogP contribution in [0.5, 0.6) is 0 Å². The van der Waals surface area contributed by atoms with Crippen molar-refractivity contribution in [3.05, 3.63) is 97.2 Å². The van der Waals surface area contributed by atoms with Gasteiger partial charge in [0.1, 0.15) is 4.83 Å². The van der Waals surface area contributed by atoms with Crippen molar-refractivity contribution in [2.45, 2.75) is 0 Å². The Bertz CT molecular complexity index is 1700. The molecule has 0 atom stereocenters. The van der Waals surface area contributed by atoms with Gasteiger partial charge in [-0.05, 0) is 35.7 Å². The smallest absolute Gasteiger partial charge is 0.125 e. The highest BCUT2D eigenvalue weighted by Gasteiger charge is 2.14. The number of rotatable bonds is 1. The molecule has 0 aliphatic heterocycles. The molecule has 3 heteroatoms. The molecule has 0 unspecified atom stereocenters. The van der Waals surface area contributed by atoms with E-state index in [1.54, 1.807) is 11.3 Å². The average Bonchev–Trinajstić information content (AvgIpc) is 3.35. The molecule has 7 aromatic rings. The van der Waals surface area contributed by atoms with Crippen molar-refractivity contribution >= 4 is 64.2 Å². The number of pyridine rings is 1. The molecule has 0 aliphatic carbocycles. The fourth-order valence-electron chi connectivity index (χ4n) is 4.74. The molecule has 0 spiro atoms. The highest BCUT2D eigenvalue weighted by atomic mass is 32.1. The van der Waals surface area contributed by atoms with Gasteiger partial charge >= 0.3 is 0 Å². The van der Waals surface area contributed by atoms with Gasteiger partial charge in [0.15, 0.2) is 0 Å². The van der Waals surface area contributed by atoms with E-state index in [1.807, 2.05) is 6.20 Å². The van der Waals surface area contributed by atoms with Crippen molar-refractivity contribution in [2.75, 3.05) is 0 Å². The van der Waals surface area contributed by atoms with Gasteiger partial charge in [-0.2, -0.15) is 0 Å². The first-order chi connectivity index (χ1) is 14.9. The summed E-state index contributed by atoms with van der Waals surface area (Å²) in [5.74, 6) is 0. The molecular weight excluding hydrogens is 384 g/mol. The van der Waals surface area contributed by atoms with Crippen molar-refractivity contribution in [1.29, 1.82) is 0 Å². The number of para-hydroxylation sites is 2. The van der Waals surface area contributed by atoms with E-state index >= 15 is 0 Å². The van der Waals surface area contributed by atoms with Crippen LogP contribution in [0.1, 0.15) is 0 Å². The van der Waals surface area contributed by atoms with Crippen molar-refractivity contribution in [3.63, 3.8) is 0 Å². The fraction of sp³-hybridized carbons (Fsp3) is 0. The number of hydrogen-bond donors (Lipinski definition) is 0. The lowest BCUT2D eigenvalue weighted by molar-refractivity contribution is 1.19. The van der Waals surface area contributed by atoms with Crippen LogP contribution in [0, 0.1) is 0 Å². The van der Waals surface area contributed by atoms with E-state index in [1.165, 1.54) is 53.7 Å². The first-order valence-corrected chi connectivity index (χ1v) is 10.9. The summed E-state index contributed by atoms with van der Waals surface area (Å²) in [5, 5.41) is 7.56. The number of hydrogen-bond acceptors (Lipinski definition) is 2. The van der Waals surface area contributed by atoms with Crippen LogP contribution in [0.4, 0.5) is 0 Å². The van der Waals surface area contributed by atoms with Crippen LogP contribution in [0.15, 0.2) is 97.2 Å². The minimum absolute atomic E-state index is 1.10. The van der Waals surface area contributed by atoms with Gasteiger partial charge in [-0.3, -0.25) is 0 Å². The lowest BCUT2D eigenvalue weighted by atomic mass is 10.1. The molecule has 0 aliphatic rings. The molecule has 0 saturated heterocycles. The second-order valence-electron chi connectivity index (χ2n) is 7.68. The summed E-state index contributed by atoms with van der Waals surface area (Å²) >= 11 is 1.77. The van der Waals surface area contributed by atoms with Crippen molar-refractivity contribution in [3.8, 4) is 5.69 Å². The molecule has 0 fully saturated rings. The Hall–Kier alpha value is -3.69. The molecule has 0 radical (unpaired) electrons. The molecule has 4 aromatic carbocycles. The van der Waals surface area contributed by atoms with Gasteiger partial charge in [0.25, 0.3) is 0 Å². The fourth-order valence-corrected chi connectivity index (χ4v) is 5.80. The van der Waals surface area contributed by atoms with Crippen LogP contribution >= 0.6 is 11.3 Å². The van der Waals surface area contributed by atoms with Crippen molar-refractivity contribution < 1.29 is 0 Å². The normalized spacial score (nSPS) is 12.0. The van der Waals surface area contributed by atoms with E-state index in [2.05, 4.69) is 95.6 Å². The minimum Gasteiger partial charge on any atom is -0.309 e. The molecule has 2 nitrogen and oxygen atoms in total. The summed E-state index contributed by atoms with van der Waals surface area (Å²) < 4.78 is 3.65. The Kier molecular flexibility index (Phi) is 3.18. The molecule has 3 heterocycles. The largest absolute Gasteiger partial charge is 0.309 e. The van der Waals surface area contributed by atoms with E-state index < -0.39 is 0 Å². The molecule has 0 saturated carbocycles. The highest BCUT2D eigenvalue weighted by Crippen LogP contribution is 2.38. The van der Waals surface area contributed by atoms with Crippen molar-refractivity contribution in [2.24, 2.45) is 0 Å². The SMILES string of the molecule is c1ccc2c(c1)sc1ncc3cc(-n4c5ccccc5c5ccccc54)ccc3c12. The summed E-state index contributed by atoms with van der Waals surface area (Å²) in [6.45, 7) is 0. The van der Waals surface area contributed by atoms with Crippen LogP contribution in [-0.2, 0) is 0 Å². The summed E-state index contributed by atoms with van der Waals surface area (Å²) in [6.07, 6.45) is 2.02. The summed E-state index contributed by atoms with van der Waals surface area (Å²) in [5.41, 5.74) is 3.63. The Morgan fingerprint density at radius 2 is 1.30 bits per heavy atom. The van der Waals surface area contributed by atoms with Gasteiger partial charge in [-0.25, -0.2) is 4.98 Å². The predicted octanol–water partition coefficient (Wildman–Crippen LogP) is 7.70. The number of thiophene rings is 1. The Labute approximate surface area is 176 Å². The number of nitrogens with zero attached hydrogens (tertiary/aromatic N) is 2. The Morgan fingerprint density at radius 3 is 2.07 bits per heavy atom. The van der Waals surface area contributed by atoms with E-state index in [0.29, 0.717) is 0 Å². The molecule has 3 aromatic heterocycles. The number of aromatic nitrogens is 2. The zero-order chi connectivity index (χ0) is 19.7. The molecule has 0 N–H and O–H groups in total. The van der Waals surface area contributed by atoms with Crippen LogP contribution in [-0.4, -0.2) is 9.55 Å². The van der Waals surface area contributed by atoms with E-state index in [4.69, 9.17) is 4.98 Å². The summed E-state index contributed by atoms with van der Waals surface area (Å²) in [6, 6.07) is 32.6. The standard InChI is InChI=1S/C27H16N2S/c1-4-10-23-20(7-1)21-8-2-5-11-24(21)29(23)18-13-14-19-17(15-18)16-28-27-26(19)22-9-3-6-12-25(22)30-27/h1-16H. The number of benzene rings is 4. The molecular formula is C27H16N2S. The average molecular weight is 401 g/mol. The van der Waals surface area contributed by atoms with Crippen molar-refractivity contribution in [1.82, 2.24) is 9.55 Å². The molecule has 7 rings (SSSR count). The lowest BCUT2D eigenvalue weighted by Gasteiger charge is -2.10. The predicted molar refractivity (Wildman–Crippen MR) is 129 cm³/mol. The maximum Gasteiger partial charge on any atom is 0.125 e. The topological polar surface area (TPSA) is 17.8 Å². The van der Waals surface area contributed by atoms with Crippen LogP contribution < -0.4 is 0 Å². The van der Waals surface area contributed by atoms with Gasteiger partial charge in [-0.1, -0.05) is 60.7 Å². The zero-order valence-corrected chi connectivity index (χ0v) is 16.9. The third-order valence-electron chi connectivity index (χ3n) is 6.04. The molecule has 140 valence electrons. The second kappa shape index (κ2) is 5.91. The second-order valence-corrected chi connectivity index (χ2v) is 8.71.